The highest BCUT2D eigenvalue weighted by Gasteiger charge is 2.40. The molecule has 9 heteroatoms. The number of benzene rings is 2. The van der Waals surface area contributed by atoms with Gasteiger partial charge in [-0.15, -0.1) is 0 Å². The third-order valence-corrected chi connectivity index (χ3v) is 5.00. The zero-order valence-corrected chi connectivity index (χ0v) is 18.7. The molecule has 0 spiro atoms. The lowest BCUT2D eigenvalue weighted by atomic mass is 10.1. The fourth-order valence-corrected chi connectivity index (χ4v) is 3.21. The van der Waals surface area contributed by atoms with E-state index in [0.717, 1.165) is 29.3 Å². The Labute approximate surface area is 190 Å². The van der Waals surface area contributed by atoms with Gasteiger partial charge in [-0.25, -0.2) is 4.68 Å². The van der Waals surface area contributed by atoms with E-state index in [9.17, 15) is 18.0 Å². The van der Waals surface area contributed by atoms with Crippen molar-refractivity contribution >= 4 is 5.91 Å². The van der Waals surface area contributed by atoms with Crippen molar-refractivity contribution < 1.29 is 27.4 Å². The molecule has 1 amide bonds. The van der Waals surface area contributed by atoms with Crippen LogP contribution in [0.15, 0.2) is 48.7 Å². The Morgan fingerprint density at radius 2 is 1.85 bits per heavy atom. The molecule has 0 bridgehead atoms. The molecule has 0 radical (unpaired) electrons. The van der Waals surface area contributed by atoms with Gasteiger partial charge in [-0.2, -0.15) is 18.3 Å². The van der Waals surface area contributed by atoms with Crippen molar-refractivity contribution in [2.75, 3.05) is 13.7 Å². The molecule has 33 heavy (non-hydrogen) atoms. The molecule has 176 valence electrons. The maximum atomic E-state index is 13.8. The molecule has 3 rings (SSSR count). The Morgan fingerprint density at radius 1 is 1.12 bits per heavy atom. The number of unbranched alkanes of at least 4 members (excludes halogenated alkanes) is 1. The summed E-state index contributed by atoms with van der Waals surface area (Å²) in [6.45, 7) is 4.45. The number of methoxy groups -OCH3 is 1. The predicted octanol–water partition coefficient (Wildman–Crippen LogP) is 5.32. The van der Waals surface area contributed by atoms with Gasteiger partial charge in [0.1, 0.15) is 0 Å². The summed E-state index contributed by atoms with van der Waals surface area (Å²) >= 11 is 0. The molecule has 0 aliphatic rings. The normalized spacial score (nSPS) is 11.3. The minimum absolute atomic E-state index is 0.0114. The quantitative estimate of drug-likeness (QED) is 0.438. The van der Waals surface area contributed by atoms with E-state index in [2.05, 4.69) is 17.3 Å². The maximum Gasteiger partial charge on any atom is 0.434 e. The van der Waals surface area contributed by atoms with Crippen LogP contribution in [0.5, 0.6) is 11.5 Å². The Kier molecular flexibility index (Phi) is 7.63. The van der Waals surface area contributed by atoms with E-state index >= 15 is 0 Å². The number of hydrogen-bond donors (Lipinski definition) is 1. The number of carbonyl (C=O) groups is 1. The van der Waals surface area contributed by atoms with Crippen LogP contribution < -0.4 is 14.8 Å². The SMILES string of the molecule is CCCCOc1ccc(CNC(=O)c2cnn(-c3ccc(C)cc3)c2C(F)(F)F)cc1OC. The number of carbonyl (C=O) groups excluding carboxylic acids is 1. The number of nitrogens with one attached hydrogen (secondary N) is 1. The second kappa shape index (κ2) is 10.4. The molecule has 2 aromatic carbocycles. The number of hydrogen-bond acceptors (Lipinski definition) is 4. The van der Waals surface area contributed by atoms with Crippen molar-refractivity contribution in [3.63, 3.8) is 0 Å². The van der Waals surface area contributed by atoms with Crippen LogP contribution in [0.4, 0.5) is 13.2 Å². The van der Waals surface area contributed by atoms with E-state index in [1.54, 1.807) is 30.3 Å². The van der Waals surface area contributed by atoms with Crippen LogP contribution in [0.25, 0.3) is 5.69 Å². The number of aryl methyl sites for hydroxylation is 1. The number of alkyl halides is 3. The van der Waals surface area contributed by atoms with Gasteiger partial charge in [-0.3, -0.25) is 4.79 Å². The number of aromatic nitrogens is 2. The Hall–Kier alpha value is -3.49. The summed E-state index contributed by atoms with van der Waals surface area (Å²) in [6, 6.07) is 11.5. The molecule has 1 aromatic heterocycles. The summed E-state index contributed by atoms with van der Waals surface area (Å²) in [7, 11) is 1.50. The monoisotopic (exact) mass is 461 g/mol. The number of nitrogens with zero attached hydrogens (tertiary/aromatic N) is 2. The van der Waals surface area contributed by atoms with Gasteiger partial charge in [0, 0.05) is 6.54 Å². The van der Waals surface area contributed by atoms with Crippen LogP contribution in [0.2, 0.25) is 0 Å². The molecule has 1 heterocycles. The van der Waals surface area contributed by atoms with Crippen LogP contribution >= 0.6 is 0 Å². The molecule has 0 saturated heterocycles. The third kappa shape index (κ3) is 5.85. The second-order valence-electron chi connectivity index (χ2n) is 7.52. The first-order chi connectivity index (χ1) is 15.7. The lowest BCUT2D eigenvalue weighted by molar-refractivity contribution is -0.143. The summed E-state index contributed by atoms with van der Waals surface area (Å²) < 4.78 is 53.2. The van der Waals surface area contributed by atoms with Crippen LogP contribution in [-0.2, 0) is 12.7 Å². The third-order valence-electron chi connectivity index (χ3n) is 5.00. The molecule has 1 N–H and O–H groups in total. The van der Waals surface area contributed by atoms with Gasteiger partial charge in [0.05, 0.1) is 31.2 Å². The van der Waals surface area contributed by atoms with E-state index in [0.29, 0.717) is 23.7 Å². The Balaban J connectivity index is 1.79. The summed E-state index contributed by atoms with van der Waals surface area (Å²) in [5.74, 6) is 0.184. The molecule has 0 atom stereocenters. The molecule has 6 nitrogen and oxygen atoms in total. The molecular formula is C24H26F3N3O3. The van der Waals surface area contributed by atoms with Crippen molar-refractivity contribution in [3.05, 3.63) is 71.0 Å². The van der Waals surface area contributed by atoms with Crippen molar-refractivity contribution in [2.45, 2.75) is 39.4 Å². The number of rotatable bonds is 9. The van der Waals surface area contributed by atoms with E-state index in [4.69, 9.17) is 9.47 Å². The van der Waals surface area contributed by atoms with Gasteiger partial charge in [0.25, 0.3) is 5.91 Å². The highest BCUT2D eigenvalue weighted by Crippen LogP contribution is 2.34. The first-order valence-corrected chi connectivity index (χ1v) is 10.5. The first kappa shape index (κ1) is 24.2. The van der Waals surface area contributed by atoms with Crippen molar-refractivity contribution in [1.29, 1.82) is 0 Å². The zero-order valence-electron chi connectivity index (χ0n) is 18.7. The Morgan fingerprint density at radius 3 is 2.48 bits per heavy atom. The van der Waals surface area contributed by atoms with Gasteiger partial charge < -0.3 is 14.8 Å². The predicted molar refractivity (Wildman–Crippen MR) is 118 cm³/mol. The highest BCUT2D eigenvalue weighted by atomic mass is 19.4. The summed E-state index contributed by atoms with van der Waals surface area (Å²) in [4.78, 5) is 12.7. The second-order valence-corrected chi connectivity index (χ2v) is 7.52. The van der Waals surface area contributed by atoms with Gasteiger partial charge in [0.15, 0.2) is 17.2 Å². The maximum absolute atomic E-state index is 13.8. The van der Waals surface area contributed by atoms with Crippen LogP contribution in [0.3, 0.4) is 0 Å². The van der Waals surface area contributed by atoms with Crippen LogP contribution in [0.1, 0.15) is 46.9 Å². The largest absolute Gasteiger partial charge is 0.493 e. The average molecular weight is 461 g/mol. The summed E-state index contributed by atoms with van der Waals surface area (Å²) in [5, 5.41) is 6.37. The van der Waals surface area contributed by atoms with Crippen molar-refractivity contribution in [1.82, 2.24) is 15.1 Å². The fourth-order valence-electron chi connectivity index (χ4n) is 3.21. The van der Waals surface area contributed by atoms with Gasteiger partial charge in [-0.1, -0.05) is 37.1 Å². The summed E-state index contributed by atoms with van der Waals surface area (Å²) in [5.41, 5.74) is 0.100. The van der Waals surface area contributed by atoms with E-state index in [-0.39, 0.29) is 12.2 Å². The van der Waals surface area contributed by atoms with Crippen LogP contribution in [0, 0.1) is 6.92 Å². The molecule has 0 aliphatic heterocycles. The molecule has 0 aliphatic carbocycles. The molecule has 0 fully saturated rings. The van der Waals surface area contributed by atoms with Crippen LogP contribution in [-0.4, -0.2) is 29.4 Å². The first-order valence-electron chi connectivity index (χ1n) is 10.5. The standard InChI is InChI=1S/C24H26F3N3O3/c1-4-5-12-33-20-11-8-17(13-21(20)32-3)14-28-23(31)19-15-29-30(22(19)24(25,26)27)18-9-6-16(2)7-10-18/h6-11,13,15H,4-5,12,14H2,1-3H3,(H,28,31). The number of halogens is 3. The summed E-state index contributed by atoms with van der Waals surface area (Å²) in [6.07, 6.45) is -1.94. The minimum atomic E-state index is -4.77. The number of ether oxygens (including phenoxy) is 2. The topological polar surface area (TPSA) is 65.4 Å². The average Bonchev–Trinajstić information content (AvgIpc) is 3.24. The molecule has 3 aromatic rings. The van der Waals surface area contributed by atoms with Gasteiger partial charge >= 0.3 is 6.18 Å². The zero-order chi connectivity index (χ0) is 24.0. The molecule has 0 saturated carbocycles. The molecular weight excluding hydrogens is 435 g/mol. The fraction of sp³-hybridized carbons (Fsp3) is 0.333. The van der Waals surface area contributed by atoms with E-state index < -0.39 is 23.3 Å². The number of amides is 1. The Bertz CT molecular complexity index is 1090. The lowest BCUT2D eigenvalue weighted by Crippen LogP contribution is -2.26. The molecule has 0 unspecified atom stereocenters. The van der Waals surface area contributed by atoms with Gasteiger partial charge in [-0.05, 0) is 43.2 Å². The van der Waals surface area contributed by atoms with Gasteiger partial charge in [0.2, 0.25) is 0 Å². The highest BCUT2D eigenvalue weighted by molar-refractivity contribution is 5.95. The smallest absolute Gasteiger partial charge is 0.434 e. The van der Waals surface area contributed by atoms with E-state index in [1.807, 2.05) is 6.92 Å². The van der Waals surface area contributed by atoms with E-state index in [1.165, 1.54) is 19.2 Å². The van der Waals surface area contributed by atoms with Crippen molar-refractivity contribution in [2.24, 2.45) is 0 Å². The van der Waals surface area contributed by atoms with Crippen molar-refractivity contribution in [3.8, 4) is 17.2 Å². The lowest BCUT2D eigenvalue weighted by Gasteiger charge is -2.14. The minimum Gasteiger partial charge on any atom is -0.493 e.